The number of esters is 1. The first kappa shape index (κ1) is 11.0. The average Bonchev–Trinajstić information content (AvgIpc) is 2.52. The second-order valence-electron chi connectivity index (χ2n) is 3.44. The van der Waals surface area contributed by atoms with E-state index in [1.54, 1.807) is 0 Å². The molecule has 1 rings (SSSR count). The number of rotatable bonds is 5. The Morgan fingerprint density at radius 2 is 2.36 bits per heavy atom. The lowest BCUT2D eigenvalue weighted by Gasteiger charge is -2.03. The van der Waals surface area contributed by atoms with Crippen molar-refractivity contribution in [3.05, 3.63) is 11.6 Å². The van der Waals surface area contributed by atoms with Crippen molar-refractivity contribution in [2.45, 2.75) is 39.0 Å². The number of Topliss-reactive ketones (excluding diaryl/α,β-unsaturated/α-hetero) is 1. The van der Waals surface area contributed by atoms with Gasteiger partial charge in [-0.15, -0.1) is 0 Å². The molecule has 0 amide bonds. The number of carbonyl (C=O) groups is 2. The first-order chi connectivity index (χ1) is 6.74. The van der Waals surface area contributed by atoms with E-state index in [-0.39, 0.29) is 18.2 Å². The van der Waals surface area contributed by atoms with Crippen molar-refractivity contribution in [1.29, 1.82) is 0 Å². The van der Waals surface area contributed by atoms with Crippen molar-refractivity contribution in [3.63, 3.8) is 0 Å². The minimum absolute atomic E-state index is 0.0949. The van der Waals surface area contributed by atoms with Gasteiger partial charge in [0.1, 0.15) is 0 Å². The largest absolute Gasteiger partial charge is 0.465 e. The predicted octanol–water partition coefficient (Wildman–Crippen LogP) is 2.01. The van der Waals surface area contributed by atoms with Gasteiger partial charge in [0.25, 0.3) is 0 Å². The number of allylic oxidation sites excluding steroid dienone is 1. The molecule has 78 valence electrons. The Labute approximate surface area is 84.1 Å². The quantitative estimate of drug-likeness (QED) is 0.499. The molecule has 0 radical (unpaired) electrons. The van der Waals surface area contributed by atoms with E-state index in [1.165, 1.54) is 0 Å². The van der Waals surface area contributed by atoms with Gasteiger partial charge in [0.2, 0.25) is 0 Å². The van der Waals surface area contributed by atoms with Crippen molar-refractivity contribution in [2.75, 3.05) is 6.61 Å². The predicted molar refractivity (Wildman–Crippen MR) is 52.8 cm³/mol. The highest BCUT2D eigenvalue weighted by Crippen LogP contribution is 2.17. The summed E-state index contributed by atoms with van der Waals surface area (Å²) in [5.74, 6) is -0.183. The maximum atomic E-state index is 11.2. The molecular weight excluding hydrogens is 180 g/mol. The maximum Gasteiger partial charge on any atom is 0.310 e. The van der Waals surface area contributed by atoms with Gasteiger partial charge >= 0.3 is 5.97 Å². The zero-order chi connectivity index (χ0) is 10.4. The molecule has 0 bridgehead atoms. The number of hydrogen-bond donors (Lipinski definition) is 0. The van der Waals surface area contributed by atoms with E-state index in [1.807, 2.05) is 13.0 Å². The van der Waals surface area contributed by atoms with Gasteiger partial charge in [0, 0.05) is 12.0 Å². The molecule has 0 aliphatic heterocycles. The van der Waals surface area contributed by atoms with E-state index in [0.29, 0.717) is 18.6 Å². The highest BCUT2D eigenvalue weighted by molar-refractivity contribution is 6.01. The number of carbonyl (C=O) groups excluding carboxylic acids is 2. The lowest BCUT2D eigenvalue weighted by molar-refractivity contribution is -0.143. The van der Waals surface area contributed by atoms with E-state index >= 15 is 0 Å². The second kappa shape index (κ2) is 5.58. The summed E-state index contributed by atoms with van der Waals surface area (Å²) in [5.41, 5.74) is 0.631. The van der Waals surface area contributed by atoms with Crippen LogP contribution in [0.2, 0.25) is 0 Å². The number of hydrogen-bond acceptors (Lipinski definition) is 3. The minimum Gasteiger partial charge on any atom is -0.465 e. The molecule has 0 aromatic heterocycles. The zero-order valence-electron chi connectivity index (χ0n) is 8.54. The Balaban J connectivity index is 2.23. The Morgan fingerprint density at radius 1 is 1.57 bits per heavy atom. The molecule has 0 aromatic rings. The monoisotopic (exact) mass is 196 g/mol. The van der Waals surface area contributed by atoms with Crippen LogP contribution < -0.4 is 0 Å². The Hall–Kier alpha value is -1.12. The fraction of sp³-hybridized carbons (Fsp3) is 0.636. The topological polar surface area (TPSA) is 43.4 Å². The van der Waals surface area contributed by atoms with E-state index in [4.69, 9.17) is 4.74 Å². The third-order valence-electron chi connectivity index (χ3n) is 2.22. The van der Waals surface area contributed by atoms with Gasteiger partial charge in [-0.05, 0) is 12.8 Å². The molecule has 0 N–H and O–H groups in total. The lowest BCUT2D eigenvalue weighted by atomic mass is 10.1. The van der Waals surface area contributed by atoms with Crippen LogP contribution in [0.1, 0.15) is 39.0 Å². The van der Waals surface area contributed by atoms with Crippen LogP contribution >= 0.6 is 0 Å². The van der Waals surface area contributed by atoms with Gasteiger partial charge < -0.3 is 4.74 Å². The summed E-state index contributed by atoms with van der Waals surface area (Å²) in [6, 6.07) is 0. The summed E-state index contributed by atoms with van der Waals surface area (Å²) >= 11 is 0. The third-order valence-corrected chi connectivity index (χ3v) is 2.22. The van der Waals surface area contributed by atoms with Crippen LogP contribution in [0.5, 0.6) is 0 Å². The first-order valence-electron chi connectivity index (χ1n) is 5.12. The van der Waals surface area contributed by atoms with Crippen molar-refractivity contribution in [1.82, 2.24) is 0 Å². The SMILES string of the molecule is CCCCOC(=O)CC1=CCCC1=O. The highest BCUT2D eigenvalue weighted by Gasteiger charge is 2.18. The summed E-state index contributed by atoms with van der Waals surface area (Å²) in [4.78, 5) is 22.4. The summed E-state index contributed by atoms with van der Waals surface area (Å²) in [7, 11) is 0. The summed E-state index contributed by atoms with van der Waals surface area (Å²) in [6.45, 7) is 2.51. The van der Waals surface area contributed by atoms with Crippen LogP contribution in [0.3, 0.4) is 0 Å². The molecule has 3 heteroatoms. The lowest BCUT2D eigenvalue weighted by Crippen LogP contribution is -2.09. The van der Waals surface area contributed by atoms with Crippen molar-refractivity contribution in [2.24, 2.45) is 0 Å². The number of ketones is 1. The van der Waals surface area contributed by atoms with Gasteiger partial charge in [0.15, 0.2) is 5.78 Å². The fourth-order valence-electron chi connectivity index (χ4n) is 1.36. The molecule has 0 saturated heterocycles. The molecule has 3 nitrogen and oxygen atoms in total. The van der Waals surface area contributed by atoms with Crippen molar-refractivity contribution in [3.8, 4) is 0 Å². The van der Waals surface area contributed by atoms with E-state index in [9.17, 15) is 9.59 Å². The molecule has 0 saturated carbocycles. The second-order valence-corrected chi connectivity index (χ2v) is 3.44. The van der Waals surface area contributed by atoms with Crippen molar-refractivity contribution < 1.29 is 14.3 Å². The number of ether oxygens (including phenoxy) is 1. The Morgan fingerprint density at radius 3 is 2.93 bits per heavy atom. The van der Waals surface area contributed by atoms with Gasteiger partial charge in [-0.25, -0.2) is 0 Å². The fourth-order valence-corrected chi connectivity index (χ4v) is 1.36. The van der Waals surface area contributed by atoms with Gasteiger partial charge in [-0.2, -0.15) is 0 Å². The van der Waals surface area contributed by atoms with Crippen LogP contribution in [0.4, 0.5) is 0 Å². The first-order valence-corrected chi connectivity index (χ1v) is 5.12. The van der Waals surface area contributed by atoms with Gasteiger partial charge in [-0.3, -0.25) is 9.59 Å². The van der Waals surface area contributed by atoms with Crippen molar-refractivity contribution >= 4 is 11.8 Å². The van der Waals surface area contributed by atoms with Crippen LogP contribution in [0.15, 0.2) is 11.6 Å². The molecule has 1 aliphatic rings. The number of unbranched alkanes of at least 4 members (excludes halogenated alkanes) is 1. The highest BCUT2D eigenvalue weighted by atomic mass is 16.5. The van der Waals surface area contributed by atoms with Gasteiger partial charge in [-0.1, -0.05) is 19.4 Å². The minimum atomic E-state index is -0.278. The average molecular weight is 196 g/mol. The summed E-state index contributed by atoms with van der Waals surface area (Å²) in [5, 5.41) is 0. The molecule has 0 heterocycles. The smallest absolute Gasteiger partial charge is 0.310 e. The van der Waals surface area contributed by atoms with Gasteiger partial charge in [0.05, 0.1) is 13.0 Å². The summed E-state index contributed by atoms with van der Waals surface area (Å²) < 4.78 is 4.96. The molecular formula is C11H16O3. The van der Waals surface area contributed by atoms with Crippen LogP contribution in [0.25, 0.3) is 0 Å². The molecule has 0 atom stereocenters. The molecule has 1 aliphatic carbocycles. The van der Waals surface area contributed by atoms with E-state index in [2.05, 4.69) is 0 Å². The van der Waals surface area contributed by atoms with Crippen LogP contribution in [-0.4, -0.2) is 18.4 Å². The molecule has 0 spiro atoms. The Bertz CT molecular complexity index is 253. The third kappa shape index (κ3) is 3.32. The van der Waals surface area contributed by atoms with Crippen LogP contribution in [0, 0.1) is 0 Å². The normalized spacial score (nSPS) is 15.5. The zero-order valence-corrected chi connectivity index (χ0v) is 8.54. The summed E-state index contributed by atoms with van der Waals surface area (Å²) in [6.07, 6.45) is 5.22. The maximum absolute atomic E-state index is 11.2. The molecule has 0 unspecified atom stereocenters. The van der Waals surface area contributed by atoms with Crippen LogP contribution in [-0.2, 0) is 14.3 Å². The molecule has 0 aromatic carbocycles. The Kier molecular flexibility index (Phi) is 4.36. The standard InChI is InChI=1S/C11H16O3/c1-2-3-7-14-11(13)8-9-5-4-6-10(9)12/h5H,2-4,6-8H2,1H3. The molecule has 0 fully saturated rings. The molecule has 14 heavy (non-hydrogen) atoms. The van der Waals surface area contributed by atoms with E-state index in [0.717, 1.165) is 19.3 Å². The van der Waals surface area contributed by atoms with E-state index < -0.39 is 0 Å².